The molecule has 0 fully saturated rings. The number of para-hydroxylation sites is 4. The first-order valence-corrected chi connectivity index (χ1v) is 26.6. The molecule has 8 nitrogen and oxygen atoms in total. The van der Waals surface area contributed by atoms with E-state index in [4.69, 9.17) is 9.97 Å². The highest BCUT2D eigenvalue weighted by Crippen LogP contribution is 2.43. The first kappa shape index (κ1) is 49.0. The van der Waals surface area contributed by atoms with Crippen LogP contribution in [0, 0.1) is 34.0 Å². The molecule has 0 saturated carbocycles. The van der Waals surface area contributed by atoms with Crippen molar-refractivity contribution in [2.24, 2.45) is 0 Å². The zero-order chi connectivity index (χ0) is 54.7. The highest BCUT2D eigenvalue weighted by molar-refractivity contribution is 6.12. The first-order chi connectivity index (χ1) is 40.0. The minimum atomic E-state index is 0.390. The number of rotatable bonds is 12. The summed E-state index contributed by atoms with van der Waals surface area (Å²) in [5.74, 6) is 0.390. The Hall–Kier alpha value is -11.6. The van der Waals surface area contributed by atoms with E-state index in [-0.39, 0.29) is 0 Å². The molecule has 0 saturated heterocycles. The lowest BCUT2D eigenvalue weighted by Crippen LogP contribution is -2.09. The lowest BCUT2D eigenvalue weighted by molar-refractivity contribution is 1.18. The molecule has 13 rings (SSSR count). The number of nitriles is 3. The van der Waals surface area contributed by atoms with Crippen molar-refractivity contribution >= 4 is 55.9 Å². The highest BCUT2D eigenvalue weighted by atomic mass is 15.1. The van der Waals surface area contributed by atoms with E-state index in [1.165, 1.54) is 0 Å². The first-order valence-electron chi connectivity index (χ1n) is 26.6. The second-order valence-electron chi connectivity index (χ2n) is 19.5. The monoisotopic (exact) mass is 1030 g/mol. The molecule has 0 atom stereocenters. The van der Waals surface area contributed by atoms with Gasteiger partial charge in [0.25, 0.3) is 0 Å². The van der Waals surface area contributed by atoms with E-state index in [0.717, 1.165) is 89.4 Å². The topological polar surface area (TPSA) is 109 Å². The predicted molar refractivity (Wildman–Crippen MR) is 327 cm³/mol. The molecule has 11 aromatic carbocycles. The van der Waals surface area contributed by atoms with Crippen LogP contribution >= 0.6 is 0 Å². The Labute approximate surface area is 469 Å². The summed E-state index contributed by atoms with van der Waals surface area (Å²) in [7, 11) is 0. The maximum absolute atomic E-state index is 10.7. The Balaban J connectivity index is 0.865. The Morgan fingerprint density at radius 2 is 0.716 bits per heavy atom. The third kappa shape index (κ3) is 9.36. The smallest absolute Gasteiger partial charge is 0.161 e. The van der Waals surface area contributed by atoms with Crippen molar-refractivity contribution in [3.8, 4) is 80.1 Å². The molecule has 13 aromatic rings. The lowest BCUT2D eigenvalue weighted by Gasteiger charge is -2.26. The molecule has 81 heavy (non-hydrogen) atoms. The van der Waals surface area contributed by atoms with Crippen molar-refractivity contribution < 1.29 is 0 Å². The summed E-state index contributed by atoms with van der Waals surface area (Å²) < 4.78 is 2.34. The van der Waals surface area contributed by atoms with Gasteiger partial charge >= 0.3 is 0 Å². The van der Waals surface area contributed by atoms with E-state index < -0.39 is 0 Å². The van der Waals surface area contributed by atoms with E-state index in [2.05, 4.69) is 196 Å². The van der Waals surface area contributed by atoms with Crippen LogP contribution in [0.15, 0.2) is 279 Å². The second-order valence-corrected chi connectivity index (χ2v) is 19.5. The van der Waals surface area contributed by atoms with Crippen molar-refractivity contribution in [2.45, 2.75) is 0 Å². The molecule has 0 aliphatic carbocycles. The molecule has 0 aliphatic heterocycles. The minimum Gasteiger partial charge on any atom is -0.310 e. The maximum atomic E-state index is 10.7. The number of fused-ring (bicyclic) bond motifs is 3. The van der Waals surface area contributed by atoms with Gasteiger partial charge in [0, 0.05) is 67.3 Å². The van der Waals surface area contributed by atoms with Crippen molar-refractivity contribution in [3.05, 3.63) is 296 Å². The average Bonchev–Trinajstić information content (AvgIpc) is 4.13. The molecule has 0 amide bonds. The van der Waals surface area contributed by atoms with Gasteiger partial charge in [-0.05, 0) is 150 Å². The van der Waals surface area contributed by atoms with E-state index in [1.807, 2.05) is 103 Å². The van der Waals surface area contributed by atoms with Gasteiger partial charge in [0.15, 0.2) is 5.82 Å². The van der Waals surface area contributed by atoms with Crippen molar-refractivity contribution in [1.82, 2.24) is 14.5 Å². The summed E-state index contributed by atoms with van der Waals surface area (Å²) in [5.41, 5.74) is 17.9. The van der Waals surface area contributed by atoms with Gasteiger partial charge in [-0.15, -0.1) is 0 Å². The van der Waals surface area contributed by atoms with Crippen LogP contribution in [0.25, 0.3) is 83.6 Å². The molecule has 0 aliphatic rings. The summed E-state index contributed by atoms with van der Waals surface area (Å²) in [6.45, 7) is 0. The predicted octanol–water partition coefficient (Wildman–Crippen LogP) is 18.5. The van der Waals surface area contributed by atoms with Crippen molar-refractivity contribution in [3.63, 3.8) is 0 Å². The van der Waals surface area contributed by atoms with Crippen molar-refractivity contribution in [1.29, 1.82) is 15.8 Å². The van der Waals surface area contributed by atoms with Crippen LogP contribution in [-0.2, 0) is 0 Å². The second kappa shape index (κ2) is 21.4. The lowest BCUT2D eigenvalue weighted by atomic mass is 9.94. The number of nitrogens with zero attached hydrogens (tertiary/aromatic N) is 8. The van der Waals surface area contributed by atoms with Crippen LogP contribution in [-0.4, -0.2) is 14.5 Å². The SMILES string of the molecule is N#Cc1cc(-c2ccc(-c3cc(-c4ccccc4C#N)nc(-c4ccccc4C#N)n3)cc2)ccc1-c1ccc(-n2c3ccc(N(c4ccccc4)c4ccccc4)cc3c3cc(N(c4ccccc4)c4ccccc4)ccc32)cc1. The van der Waals surface area contributed by atoms with E-state index in [9.17, 15) is 15.8 Å². The van der Waals surface area contributed by atoms with Crippen LogP contribution < -0.4 is 9.80 Å². The van der Waals surface area contributed by atoms with Gasteiger partial charge in [0.1, 0.15) is 0 Å². The fourth-order valence-corrected chi connectivity index (χ4v) is 10.9. The van der Waals surface area contributed by atoms with Gasteiger partial charge in [-0.1, -0.05) is 152 Å². The Kier molecular flexibility index (Phi) is 12.9. The van der Waals surface area contributed by atoms with Gasteiger partial charge in [0.05, 0.1) is 57.3 Å². The van der Waals surface area contributed by atoms with Crippen LogP contribution in [0.1, 0.15) is 16.7 Å². The number of benzene rings is 11. The molecule has 378 valence electrons. The molecular weight excluding hydrogens is 989 g/mol. The fraction of sp³-hybridized carbons (Fsp3) is 0. The molecule has 0 N–H and O–H groups in total. The molecule has 8 heteroatoms. The standard InChI is InChI=1S/C73H46N8/c74-47-54-17-13-15-27-65(54)70-46-69(77-73(78-70)66-28-16-14-18-55(66)48-75)52-31-29-50(30-32-52)53-35-40-64(56(43-53)49-76)51-33-36-61(37-34-51)81-71-41-38-62(79(57-19-5-1-6-20-57)58-21-7-2-8-22-58)44-67(71)68-45-63(39-42-72(68)81)80(59-23-9-3-10-24-59)60-25-11-4-12-26-60/h1-46H. The normalized spacial score (nSPS) is 10.9. The number of hydrogen-bond donors (Lipinski definition) is 0. The third-order valence-electron chi connectivity index (χ3n) is 14.7. The minimum absolute atomic E-state index is 0.390. The summed E-state index contributed by atoms with van der Waals surface area (Å²) in [6.07, 6.45) is 0. The van der Waals surface area contributed by atoms with E-state index in [1.54, 1.807) is 12.1 Å². The average molecular weight is 1040 g/mol. The van der Waals surface area contributed by atoms with Gasteiger partial charge in [-0.2, -0.15) is 15.8 Å². The molecule has 2 heterocycles. The number of anilines is 6. The molecular formula is C73H46N8. The Morgan fingerprint density at radius 1 is 0.296 bits per heavy atom. The maximum Gasteiger partial charge on any atom is 0.161 e. The summed E-state index contributed by atoms with van der Waals surface area (Å²) in [6, 6.07) is 102. The Bertz CT molecular complexity index is 4300. The van der Waals surface area contributed by atoms with Gasteiger partial charge in [-0.3, -0.25) is 0 Å². The van der Waals surface area contributed by atoms with Gasteiger partial charge < -0.3 is 14.4 Å². The molecule has 2 aromatic heterocycles. The van der Waals surface area contributed by atoms with Crippen LogP contribution in [0.3, 0.4) is 0 Å². The van der Waals surface area contributed by atoms with Crippen LogP contribution in [0.5, 0.6) is 0 Å². The van der Waals surface area contributed by atoms with Crippen molar-refractivity contribution in [2.75, 3.05) is 9.80 Å². The van der Waals surface area contributed by atoms with Gasteiger partial charge in [-0.25, -0.2) is 9.97 Å². The van der Waals surface area contributed by atoms with E-state index in [0.29, 0.717) is 45.0 Å². The largest absolute Gasteiger partial charge is 0.310 e. The molecule has 0 bridgehead atoms. The van der Waals surface area contributed by atoms with E-state index >= 15 is 0 Å². The Morgan fingerprint density at radius 3 is 1.22 bits per heavy atom. The number of aromatic nitrogens is 3. The van der Waals surface area contributed by atoms with Gasteiger partial charge in [0.2, 0.25) is 0 Å². The number of hydrogen-bond acceptors (Lipinski definition) is 7. The molecule has 0 unspecified atom stereocenters. The summed E-state index contributed by atoms with van der Waals surface area (Å²) in [5, 5.41) is 32.9. The zero-order valence-corrected chi connectivity index (χ0v) is 43.6. The molecule has 0 spiro atoms. The third-order valence-corrected chi connectivity index (χ3v) is 14.7. The quantitative estimate of drug-likeness (QED) is 0.120. The summed E-state index contributed by atoms with van der Waals surface area (Å²) >= 11 is 0. The summed E-state index contributed by atoms with van der Waals surface area (Å²) in [4.78, 5) is 14.4. The van der Waals surface area contributed by atoms with Crippen LogP contribution in [0.2, 0.25) is 0 Å². The molecule has 0 radical (unpaired) electrons. The highest BCUT2D eigenvalue weighted by Gasteiger charge is 2.21. The zero-order valence-electron chi connectivity index (χ0n) is 43.6. The van der Waals surface area contributed by atoms with Crippen LogP contribution in [0.4, 0.5) is 34.1 Å². The fourth-order valence-electron chi connectivity index (χ4n) is 10.9.